The summed E-state index contributed by atoms with van der Waals surface area (Å²) in [4.78, 5) is 24.2. The summed E-state index contributed by atoms with van der Waals surface area (Å²) in [5, 5.41) is 4.39. The van der Waals surface area contributed by atoms with Crippen LogP contribution >= 0.6 is 11.6 Å². The van der Waals surface area contributed by atoms with Gasteiger partial charge in [-0.05, 0) is 48.7 Å². The van der Waals surface area contributed by atoms with E-state index in [1.807, 2.05) is 0 Å². The summed E-state index contributed by atoms with van der Waals surface area (Å²) in [7, 11) is -3.19. The minimum absolute atomic E-state index is 0.169. The predicted octanol–water partition coefficient (Wildman–Crippen LogP) is 3.11. The van der Waals surface area contributed by atoms with Crippen LogP contribution in [0.25, 0.3) is 0 Å². The number of hydrogen-bond donors (Lipinski definition) is 3. The highest BCUT2D eigenvalue weighted by Crippen LogP contribution is 2.22. The Kier molecular flexibility index (Phi) is 5.34. The molecule has 0 unspecified atom stereocenters. The largest absolute Gasteiger partial charge is 0.496 e. The Bertz CT molecular complexity index is 1350. The lowest BCUT2D eigenvalue weighted by atomic mass is 10.1. The van der Waals surface area contributed by atoms with Crippen LogP contribution < -0.4 is 20.1 Å². The third kappa shape index (κ3) is 7.45. The van der Waals surface area contributed by atoms with E-state index < -0.39 is 53.0 Å². The van der Waals surface area contributed by atoms with Crippen LogP contribution in [0.4, 0.5) is 4.79 Å². The van der Waals surface area contributed by atoms with Gasteiger partial charge in [0, 0.05) is 30.4 Å². The van der Waals surface area contributed by atoms with Crippen molar-refractivity contribution in [2.24, 2.45) is 0 Å². The van der Waals surface area contributed by atoms with E-state index in [1.54, 1.807) is 12.1 Å². The number of benzene rings is 2. The molecule has 2 aromatic rings. The Hall–Kier alpha value is -2.78. The Morgan fingerprint density at radius 1 is 1.16 bits per heavy atom. The van der Waals surface area contributed by atoms with Crippen molar-refractivity contribution in [2.75, 3.05) is 20.2 Å². The van der Waals surface area contributed by atoms with Gasteiger partial charge in [-0.3, -0.25) is 4.79 Å². The molecule has 0 spiro atoms. The van der Waals surface area contributed by atoms with Crippen molar-refractivity contribution in [1.82, 2.24) is 15.4 Å². The van der Waals surface area contributed by atoms with Gasteiger partial charge in [0.05, 0.1) is 17.6 Å². The van der Waals surface area contributed by atoms with E-state index in [1.165, 1.54) is 35.3 Å². The zero-order valence-corrected chi connectivity index (χ0v) is 17.9. The molecule has 0 atom stereocenters. The number of halogens is 1. The van der Waals surface area contributed by atoms with Gasteiger partial charge in [0.1, 0.15) is 5.75 Å². The smallest absolute Gasteiger partial charge is 0.328 e. The second-order valence-corrected chi connectivity index (χ2v) is 8.05. The molecule has 0 heterocycles. The van der Waals surface area contributed by atoms with Gasteiger partial charge >= 0.3 is 6.03 Å². The molecule has 8 nitrogen and oxygen atoms in total. The van der Waals surface area contributed by atoms with Crippen molar-refractivity contribution < 1.29 is 35.1 Å². The summed E-state index contributed by atoms with van der Waals surface area (Å²) >= 11 is 5.93. The van der Waals surface area contributed by atoms with Gasteiger partial charge in [0.25, 0.3) is 15.9 Å². The number of methoxy groups -OCH3 is 1. The van der Waals surface area contributed by atoms with Crippen LogP contribution in [0.1, 0.15) is 47.9 Å². The summed E-state index contributed by atoms with van der Waals surface area (Å²) in [6.45, 7) is -7.06. The fourth-order valence-electron chi connectivity index (χ4n) is 2.43. The highest BCUT2D eigenvalue weighted by atomic mass is 35.5. The highest BCUT2D eigenvalue weighted by Gasteiger charge is 2.17. The van der Waals surface area contributed by atoms with Gasteiger partial charge in [-0.1, -0.05) is 37.0 Å². The average Bonchev–Trinajstić information content (AvgIpc) is 2.82. The standard InChI is InChI=1S/C21H26ClN3O5S/c1-3-4-12-24-21(27)25-31(28,29)17-8-5-15(6-9-17)11-13-23-20(26)18-14-16(22)7-10-19(18)30-2/h5-10,14H,3-4,11-13H2,1-2H3,(H,23,26)(H2,24,25,27)/i1D3,3D2,4D2,12D2. The van der Waals surface area contributed by atoms with Gasteiger partial charge in [-0.2, -0.15) is 0 Å². The maximum absolute atomic E-state index is 12.6. The number of amides is 3. The van der Waals surface area contributed by atoms with Gasteiger partial charge in [0.15, 0.2) is 0 Å². The van der Waals surface area contributed by atoms with Crippen LogP contribution in [0.15, 0.2) is 47.4 Å². The number of rotatable bonds is 10. The second kappa shape index (κ2) is 11.6. The van der Waals surface area contributed by atoms with E-state index in [4.69, 9.17) is 28.7 Å². The first kappa shape index (κ1) is 14.3. The second-order valence-electron chi connectivity index (χ2n) is 5.93. The van der Waals surface area contributed by atoms with Crippen LogP contribution in [0, 0.1) is 0 Å². The van der Waals surface area contributed by atoms with E-state index in [-0.39, 0.29) is 12.1 Å². The predicted molar refractivity (Wildman–Crippen MR) is 119 cm³/mol. The van der Waals surface area contributed by atoms with Gasteiger partial charge in [-0.15, -0.1) is 0 Å². The van der Waals surface area contributed by atoms with Crippen LogP contribution in [0.2, 0.25) is 5.02 Å². The molecule has 0 aromatic heterocycles. The number of sulfonamides is 1. The van der Waals surface area contributed by atoms with Crippen LogP contribution in [0.3, 0.4) is 0 Å². The molecule has 0 saturated heterocycles. The maximum Gasteiger partial charge on any atom is 0.328 e. The van der Waals surface area contributed by atoms with Crippen molar-refractivity contribution in [3.63, 3.8) is 0 Å². The number of urea groups is 1. The molecule has 0 aliphatic carbocycles. The lowest BCUT2D eigenvalue weighted by Crippen LogP contribution is -2.39. The molecule has 3 amide bonds. The molecule has 0 bridgehead atoms. The molecular formula is C21H26ClN3O5S. The van der Waals surface area contributed by atoms with E-state index in [9.17, 15) is 18.0 Å². The highest BCUT2D eigenvalue weighted by molar-refractivity contribution is 7.90. The first-order valence-corrected chi connectivity index (χ1v) is 10.6. The Morgan fingerprint density at radius 2 is 1.90 bits per heavy atom. The van der Waals surface area contributed by atoms with Crippen molar-refractivity contribution in [1.29, 1.82) is 0 Å². The van der Waals surface area contributed by atoms with Crippen LogP contribution in [0.5, 0.6) is 5.75 Å². The van der Waals surface area contributed by atoms with Gasteiger partial charge < -0.3 is 15.4 Å². The average molecular weight is 477 g/mol. The van der Waals surface area contributed by atoms with Crippen molar-refractivity contribution >= 4 is 33.6 Å². The Labute approximate surface area is 200 Å². The molecule has 0 aliphatic heterocycles. The number of carbonyl (C=O) groups excluding carboxylic acids is 2. The molecule has 31 heavy (non-hydrogen) atoms. The zero-order chi connectivity index (χ0) is 30.7. The van der Waals surface area contributed by atoms with E-state index in [2.05, 4.69) is 5.32 Å². The molecule has 10 heteroatoms. The van der Waals surface area contributed by atoms with Crippen molar-refractivity contribution in [3.8, 4) is 5.75 Å². The van der Waals surface area contributed by atoms with E-state index in [0.717, 1.165) is 12.1 Å². The molecule has 0 aliphatic rings. The lowest BCUT2D eigenvalue weighted by molar-refractivity contribution is 0.0951. The SMILES string of the molecule is [2H]C([2H])([2H])C([2H])([2H])C([2H])([2H])C([2H])([2H])NC(=O)NS(=O)(=O)c1ccc(CCNC(=O)c2cc(Cl)ccc2OC)cc1. The quantitative estimate of drug-likeness (QED) is 0.487. The minimum atomic E-state index is -4.59. The monoisotopic (exact) mass is 476 g/mol. The molecule has 2 rings (SSSR count). The first-order valence-electron chi connectivity index (χ1n) is 13.2. The zero-order valence-electron chi connectivity index (χ0n) is 25.3. The number of nitrogens with one attached hydrogen (secondary N) is 3. The summed E-state index contributed by atoms with van der Waals surface area (Å²) in [6, 6.07) is 7.88. The van der Waals surface area contributed by atoms with E-state index in [0.29, 0.717) is 22.8 Å². The summed E-state index contributed by atoms with van der Waals surface area (Å²) in [6.07, 6.45) is -7.24. The number of carbonyl (C=O) groups is 2. The molecular weight excluding hydrogens is 442 g/mol. The van der Waals surface area contributed by atoms with Gasteiger partial charge in [-0.25, -0.2) is 17.9 Å². The summed E-state index contributed by atoms with van der Waals surface area (Å²) < 4.78 is 99.0. The Morgan fingerprint density at radius 3 is 2.58 bits per heavy atom. The Balaban J connectivity index is 2.03. The van der Waals surface area contributed by atoms with Crippen LogP contribution in [-0.4, -0.2) is 40.5 Å². The maximum atomic E-state index is 12.6. The third-order valence-corrected chi connectivity index (χ3v) is 5.45. The normalized spacial score (nSPS) is 17.0. The fourth-order valence-corrected chi connectivity index (χ4v) is 3.51. The van der Waals surface area contributed by atoms with Crippen molar-refractivity contribution in [2.45, 2.75) is 30.9 Å². The molecule has 0 fully saturated rings. The molecule has 3 N–H and O–H groups in total. The molecule has 0 saturated carbocycles. The van der Waals surface area contributed by atoms with Gasteiger partial charge in [0.2, 0.25) is 0 Å². The lowest BCUT2D eigenvalue weighted by Gasteiger charge is -2.10. The molecule has 2 aromatic carbocycles. The van der Waals surface area contributed by atoms with Crippen LogP contribution in [-0.2, 0) is 16.4 Å². The first-order chi connectivity index (χ1) is 18.2. The fraction of sp³-hybridized carbons (Fsp3) is 0.333. The number of hydrogen-bond acceptors (Lipinski definition) is 5. The summed E-state index contributed by atoms with van der Waals surface area (Å²) in [5.74, 6) is -0.113. The minimum Gasteiger partial charge on any atom is -0.496 e. The molecule has 0 radical (unpaired) electrons. The summed E-state index contributed by atoms with van der Waals surface area (Å²) in [5.41, 5.74) is 0.839. The molecule has 168 valence electrons. The van der Waals surface area contributed by atoms with Crippen molar-refractivity contribution in [3.05, 3.63) is 58.6 Å². The number of ether oxygens (including phenoxy) is 1. The van der Waals surface area contributed by atoms with E-state index >= 15 is 0 Å². The topological polar surface area (TPSA) is 114 Å². The third-order valence-electron chi connectivity index (χ3n) is 3.87.